The summed E-state index contributed by atoms with van der Waals surface area (Å²) in [5, 5.41) is 0. The number of rotatable bonds is 8. The third-order valence-corrected chi connectivity index (χ3v) is 1.96. The zero-order valence-corrected chi connectivity index (χ0v) is 10.5. The van der Waals surface area contributed by atoms with Crippen molar-refractivity contribution in [2.45, 2.75) is 46.5 Å². The fraction of sp³-hybridized carbons (Fsp3) is 0.833. The number of esters is 2. The molecule has 0 spiro atoms. The normalized spacial score (nSPS) is 10.2. The van der Waals surface area contributed by atoms with Crippen LogP contribution in [-0.4, -0.2) is 25.2 Å². The van der Waals surface area contributed by atoms with Gasteiger partial charge in [0, 0.05) is 12.8 Å². The molecule has 0 aromatic carbocycles. The highest BCUT2D eigenvalue weighted by molar-refractivity contribution is 5.73. The SMILES string of the molecule is CCCOC(=O)CC(C)CC(=O)OCCC. The molecular formula is C12H22O4. The number of hydrogen-bond donors (Lipinski definition) is 0. The molecule has 0 aliphatic rings. The van der Waals surface area contributed by atoms with Crippen molar-refractivity contribution in [3.63, 3.8) is 0 Å². The summed E-state index contributed by atoms with van der Waals surface area (Å²) in [4.78, 5) is 22.5. The van der Waals surface area contributed by atoms with Crippen LogP contribution in [0.15, 0.2) is 0 Å². The van der Waals surface area contributed by atoms with Crippen molar-refractivity contribution >= 4 is 11.9 Å². The highest BCUT2D eigenvalue weighted by Crippen LogP contribution is 2.10. The number of hydrogen-bond acceptors (Lipinski definition) is 4. The third kappa shape index (κ3) is 8.26. The van der Waals surface area contributed by atoms with E-state index in [1.807, 2.05) is 20.8 Å². The van der Waals surface area contributed by atoms with Gasteiger partial charge in [0.05, 0.1) is 13.2 Å². The first kappa shape index (κ1) is 14.9. The van der Waals surface area contributed by atoms with E-state index in [1.165, 1.54) is 0 Å². The molecule has 0 unspecified atom stereocenters. The van der Waals surface area contributed by atoms with E-state index in [9.17, 15) is 9.59 Å². The molecule has 0 rings (SSSR count). The molecule has 0 aromatic heterocycles. The molecule has 0 saturated heterocycles. The Bertz CT molecular complexity index is 191. The van der Waals surface area contributed by atoms with Crippen LogP contribution in [0, 0.1) is 5.92 Å². The van der Waals surface area contributed by atoms with Crippen LogP contribution in [-0.2, 0) is 19.1 Å². The molecule has 0 fully saturated rings. The first-order valence-corrected chi connectivity index (χ1v) is 5.91. The molecule has 94 valence electrons. The summed E-state index contributed by atoms with van der Waals surface area (Å²) in [6.45, 7) is 6.63. The molecule has 4 nitrogen and oxygen atoms in total. The highest BCUT2D eigenvalue weighted by atomic mass is 16.5. The van der Waals surface area contributed by atoms with Crippen molar-refractivity contribution in [1.29, 1.82) is 0 Å². The molecule has 0 atom stereocenters. The van der Waals surface area contributed by atoms with Crippen LogP contribution in [0.4, 0.5) is 0 Å². The van der Waals surface area contributed by atoms with Gasteiger partial charge in [-0.15, -0.1) is 0 Å². The van der Waals surface area contributed by atoms with E-state index in [0.29, 0.717) is 13.2 Å². The maximum absolute atomic E-state index is 11.2. The van der Waals surface area contributed by atoms with E-state index in [1.54, 1.807) is 0 Å². The summed E-state index contributed by atoms with van der Waals surface area (Å²) in [7, 11) is 0. The monoisotopic (exact) mass is 230 g/mol. The minimum atomic E-state index is -0.238. The van der Waals surface area contributed by atoms with Gasteiger partial charge in [-0.2, -0.15) is 0 Å². The predicted molar refractivity (Wildman–Crippen MR) is 60.9 cm³/mol. The van der Waals surface area contributed by atoms with E-state index < -0.39 is 0 Å². The number of carbonyl (C=O) groups excluding carboxylic acids is 2. The standard InChI is InChI=1S/C12H22O4/c1-4-6-15-11(13)8-10(3)9-12(14)16-7-5-2/h10H,4-9H2,1-3H3. The van der Waals surface area contributed by atoms with E-state index in [0.717, 1.165) is 12.8 Å². The van der Waals surface area contributed by atoms with Gasteiger partial charge in [0.25, 0.3) is 0 Å². The molecule has 0 amide bonds. The second kappa shape index (κ2) is 9.19. The third-order valence-electron chi connectivity index (χ3n) is 1.96. The van der Waals surface area contributed by atoms with Gasteiger partial charge in [-0.05, 0) is 18.8 Å². The first-order chi connectivity index (χ1) is 7.60. The second-order valence-electron chi connectivity index (χ2n) is 3.95. The molecule has 0 aliphatic carbocycles. The van der Waals surface area contributed by atoms with E-state index in [2.05, 4.69) is 0 Å². The average Bonchev–Trinajstić information content (AvgIpc) is 2.23. The molecular weight excluding hydrogens is 208 g/mol. The quantitative estimate of drug-likeness (QED) is 0.600. The maximum atomic E-state index is 11.2. The highest BCUT2D eigenvalue weighted by Gasteiger charge is 2.14. The van der Waals surface area contributed by atoms with Crippen molar-refractivity contribution in [3.05, 3.63) is 0 Å². The summed E-state index contributed by atoms with van der Waals surface area (Å²) < 4.78 is 9.87. The summed E-state index contributed by atoms with van der Waals surface area (Å²) in [6.07, 6.45) is 2.19. The van der Waals surface area contributed by atoms with Crippen molar-refractivity contribution in [2.24, 2.45) is 5.92 Å². The Morgan fingerprint density at radius 1 is 0.938 bits per heavy atom. The Balaban J connectivity index is 3.67. The van der Waals surface area contributed by atoms with E-state index >= 15 is 0 Å². The van der Waals surface area contributed by atoms with Crippen molar-refractivity contribution in [2.75, 3.05) is 13.2 Å². The van der Waals surface area contributed by atoms with Crippen LogP contribution in [0.25, 0.3) is 0 Å². The van der Waals surface area contributed by atoms with Gasteiger partial charge in [0.1, 0.15) is 0 Å². The lowest BCUT2D eigenvalue weighted by Crippen LogP contribution is -2.15. The van der Waals surface area contributed by atoms with Gasteiger partial charge in [-0.1, -0.05) is 20.8 Å². The molecule has 0 aliphatic heterocycles. The molecule has 16 heavy (non-hydrogen) atoms. The summed E-state index contributed by atoms with van der Waals surface area (Å²) in [6, 6.07) is 0. The lowest BCUT2D eigenvalue weighted by molar-refractivity contribution is -0.147. The van der Waals surface area contributed by atoms with E-state index in [4.69, 9.17) is 9.47 Å². The average molecular weight is 230 g/mol. The Kier molecular flexibility index (Phi) is 8.58. The van der Waals surface area contributed by atoms with Crippen LogP contribution < -0.4 is 0 Å². The van der Waals surface area contributed by atoms with Crippen molar-refractivity contribution in [1.82, 2.24) is 0 Å². The minimum absolute atomic E-state index is 0.0197. The summed E-state index contributed by atoms with van der Waals surface area (Å²) in [5.74, 6) is -0.496. The largest absolute Gasteiger partial charge is 0.466 e. The van der Waals surface area contributed by atoms with Crippen LogP contribution >= 0.6 is 0 Å². The molecule has 0 N–H and O–H groups in total. The van der Waals surface area contributed by atoms with E-state index in [-0.39, 0.29) is 30.7 Å². The summed E-state index contributed by atoms with van der Waals surface area (Å²) >= 11 is 0. The Labute approximate surface area is 97.3 Å². The van der Waals surface area contributed by atoms with Gasteiger partial charge >= 0.3 is 11.9 Å². The molecule has 0 aromatic rings. The predicted octanol–water partition coefficient (Wildman–Crippen LogP) is 2.31. The van der Waals surface area contributed by atoms with Crippen LogP contribution in [0.5, 0.6) is 0 Å². The lowest BCUT2D eigenvalue weighted by atomic mass is 10.0. The Hall–Kier alpha value is -1.06. The number of ether oxygens (including phenoxy) is 2. The fourth-order valence-electron chi connectivity index (χ4n) is 1.19. The van der Waals surface area contributed by atoms with Crippen molar-refractivity contribution < 1.29 is 19.1 Å². The Morgan fingerprint density at radius 2 is 1.31 bits per heavy atom. The first-order valence-electron chi connectivity index (χ1n) is 5.91. The zero-order valence-electron chi connectivity index (χ0n) is 10.5. The molecule has 0 saturated carbocycles. The van der Waals surface area contributed by atoms with Gasteiger partial charge in [-0.25, -0.2) is 0 Å². The lowest BCUT2D eigenvalue weighted by Gasteiger charge is -2.10. The van der Waals surface area contributed by atoms with Crippen molar-refractivity contribution in [3.8, 4) is 0 Å². The zero-order chi connectivity index (χ0) is 12.4. The maximum Gasteiger partial charge on any atom is 0.306 e. The van der Waals surface area contributed by atoms with Gasteiger partial charge in [0.2, 0.25) is 0 Å². The van der Waals surface area contributed by atoms with Gasteiger partial charge < -0.3 is 9.47 Å². The topological polar surface area (TPSA) is 52.6 Å². The van der Waals surface area contributed by atoms with Gasteiger partial charge in [-0.3, -0.25) is 9.59 Å². The Morgan fingerprint density at radius 3 is 1.62 bits per heavy atom. The smallest absolute Gasteiger partial charge is 0.306 e. The van der Waals surface area contributed by atoms with Gasteiger partial charge in [0.15, 0.2) is 0 Å². The van der Waals surface area contributed by atoms with Crippen LogP contribution in [0.1, 0.15) is 46.5 Å². The molecule has 0 radical (unpaired) electrons. The summed E-state index contributed by atoms with van der Waals surface area (Å²) in [5.41, 5.74) is 0. The molecule has 4 heteroatoms. The fourth-order valence-corrected chi connectivity index (χ4v) is 1.19. The molecule has 0 bridgehead atoms. The minimum Gasteiger partial charge on any atom is -0.466 e. The van der Waals surface area contributed by atoms with Crippen LogP contribution in [0.3, 0.4) is 0 Å². The number of carbonyl (C=O) groups is 2. The second-order valence-corrected chi connectivity index (χ2v) is 3.95. The molecule has 0 heterocycles. The van der Waals surface area contributed by atoms with Crippen LogP contribution in [0.2, 0.25) is 0 Å².